The lowest BCUT2D eigenvalue weighted by Crippen LogP contribution is -2.38. The number of anilines is 1. The van der Waals surface area contributed by atoms with Crippen molar-refractivity contribution in [2.45, 2.75) is 12.6 Å². The number of nitrogens with zero attached hydrogens (tertiary/aromatic N) is 4. The molecule has 0 aliphatic carbocycles. The Morgan fingerprint density at radius 3 is 3.10 bits per heavy atom. The van der Waals surface area contributed by atoms with Crippen LogP contribution in [0.4, 0.5) is 5.82 Å². The zero-order chi connectivity index (χ0) is 14.7. The van der Waals surface area contributed by atoms with Gasteiger partial charge in [-0.25, -0.2) is 9.97 Å². The van der Waals surface area contributed by atoms with Gasteiger partial charge in [-0.1, -0.05) is 6.07 Å². The summed E-state index contributed by atoms with van der Waals surface area (Å²) in [4.78, 5) is 16.3. The number of ether oxygens (including phenoxy) is 1. The second kappa shape index (κ2) is 6.24. The van der Waals surface area contributed by atoms with Gasteiger partial charge >= 0.3 is 0 Å². The van der Waals surface area contributed by atoms with Gasteiger partial charge in [-0.2, -0.15) is 0 Å². The fraction of sp³-hybridized carbons (Fsp3) is 0.467. The van der Waals surface area contributed by atoms with Crippen LogP contribution in [-0.4, -0.2) is 53.6 Å². The van der Waals surface area contributed by atoms with Crippen molar-refractivity contribution in [1.29, 1.82) is 0 Å². The van der Waals surface area contributed by atoms with E-state index in [9.17, 15) is 0 Å². The summed E-state index contributed by atoms with van der Waals surface area (Å²) in [6.45, 7) is 3.38. The van der Waals surface area contributed by atoms with Crippen LogP contribution in [0.2, 0.25) is 0 Å². The summed E-state index contributed by atoms with van der Waals surface area (Å²) in [5.41, 5.74) is 2.13. The van der Waals surface area contributed by atoms with Crippen LogP contribution in [0.25, 0.3) is 0 Å². The number of imidazole rings is 1. The van der Waals surface area contributed by atoms with Crippen molar-refractivity contribution in [3.63, 3.8) is 0 Å². The third-order valence-corrected chi connectivity index (χ3v) is 3.64. The van der Waals surface area contributed by atoms with Crippen molar-refractivity contribution in [2.24, 2.45) is 0 Å². The highest BCUT2D eigenvalue weighted by Crippen LogP contribution is 2.23. The molecule has 6 heteroatoms. The Morgan fingerprint density at radius 1 is 1.43 bits per heavy atom. The minimum absolute atomic E-state index is 0.0292. The number of morpholine rings is 1. The normalized spacial score (nSPS) is 19.6. The first kappa shape index (κ1) is 14.0. The van der Waals surface area contributed by atoms with Crippen molar-refractivity contribution >= 4 is 5.82 Å². The number of pyridine rings is 1. The highest BCUT2D eigenvalue weighted by atomic mass is 16.5. The van der Waals surface area contributed by atoms with Gasteiger partial charge < -0.3 is 14.6 Å². The van der Waals surface area contributed by atoms with Crippen LogP contribution in [0, 0.1) is 0 Å². The molecular formula is C15H21N5O. The summed E-state index contributed by atoms with van der Waals surface area (Å²) in [6.07, 6.45) is 3.62. The maximum Gasteiger partial charge on any atom is 0.128 e. The van der Waals surface area contributed by atoms with E-state index in [1.54, 1.807) is 6.33 Å². The van der Waals surface area contributed by atoms with E-state index in [2.05, 4.69) is 19.9 Å². The number of aromatic amines is 1. The summed E-state index contributed by atoms with van der Waals surface area (Å²) in [6, 6.07) is 6.08. The molecule has 0 saturated carbocycles. The number of aromatic nitrogens is 3. The molecule has 0 aromatic carbocycles. The molecule has 21 heavy (non-hydrogen) atoms. The molecule has 0 amide bonds. The highest BCUT2D eigenvalue weighted by molar-refractivity contribution is 5.37. The zero-order valence-corrected chi connectivity index (χ0v) is 12.5. The fourth-order valence-corrected chi connectivity index (χ4v) is 2.51. The molecule has 6 nitrogen and oxygen atoms in total. The molecule has 0 bridgehead atoms. The standard InChI is InChI=1S/C15H21N5O/c1-19(2)15-5-3-4-13(18-15)14-10-20(6-7-21-14)9-12-8-16-11-17-12/h3-5,8,11,14H,6-7,9-10H2,1-2H3,(H,16,17). The van der Waals surface area contributed by atoms with E-state index in [1.807, 2.05) is 43.4 Å². The van der Waals surface area contributed by atoms with Gasteiger partial charge in [0, 0.05) is 45.6 Å². The minimum atomic E-state index is 0.0292. The Balaban J connectivity index is 1.69. The Bertz CT molecular complexity index is 569. The van der Waals surface area contributed by atoms with Gasteiger partial charge in [0.1, 0.15) is 11.9 Å². The molecule has 1 aliphatic rings. The summed E-state index contributed by atoms with van der Waals surface area (Å²) >= 11 is 0. The van der Waals surface area contributed by atoms with E-state index in [-0.39, 0.29) is 6.10 Å². The van der Waals surface area contributed by atoms with Crippen molar-refractivity contribution in [3.05, 3.63) is 42.1 Å². The molecule has 2 aromatic rings. The van der Waals surface area contributed by atoms with Crippen LogP contribution in [0.15, 0.2) is 30.7 Å². The van der Waals surface area contributed by atoms with Gasteiger partial charge in [0.25, 0.3) is 0 Å². The van der Waals surface area contributed by atoms with Gasteiger partial charge in [-0.3, -0.25) is 4.90 Å². The van der Waals surface area contributed by atoms with Crippen molar-refractivity contribution in [3.8, 4) is 0 Å². The molecule has 1 unspecified atom stereocenters. The molecule has 2 aromatic heterocycles. The monoisotopic (exact) mass is 287 g/mol. The number of H-pyrrole nitrogens is 1. The van der Waals surface area contributed by atoms with Crippen molar-refractivity contribution in [1.82, 2.24) is 19.9 Å². The fourth-order valence-electron chi connectivity index (χ4n) is 2.51. The molecule has 1 saturated heterocycles. The predicted octanol–water partition coefficient (Wildman–Crippen LogP) is 1.44. The van der Waals surface area contributed by atoms with E-state index >= 15 is 0 Å². The quantitative estimate of drug-likeness (QED) is 0.922. The highest BCUT2D eigenvalue weighted by Gasteiger charge is 2.23. The Kier molecular flexibility index (Phi) is 4.17. The number of nitrogens with one attached hydrogen (secondary N) is 1. The molecule has 3 heterocycles. The van der Waals surface area contributed by atoms with Crippen LogP contribution in [0.5, 0.6) is 0 Å². The topological polar surface area (TPSA) is 57.3 Å². The smallest absolute Gasteiger partial charge is 0.128 e. The molecule has 1 atom stereocenters. The Labute approximate surface area is 124 Å². The van der Waals surface area contributed by atoms with Crippen LogP contribution < -0.4 is 4.90 Å². The van der Waals surface area contributed by atoms with Crippen LogP contribution in [0.1, 0.15) is 17.5 Å². The van der Waals surface area contributed by atoms with Gasteiger partial charge in [0.2, 0.25) is 0 Å². The molecule has 1 N–H and O–H groups in total. The molecule has 1 aliphatic heterocycles. The minimum Gasteiger partial charge on any atom is -0.369 e. The lowest BCUT2D eigenvalue weighted by molar-refractivity contribution is -0.0352. The lowest BCUT2D eigenvalue weighted by atomic mass is 10.2. The van der Waals surface area contributed by atoms with Crippen LogP contribution in [0.3, 0.4) is 0 Å². The Morgan fingerprint density at radius 2 is 2.33 bits per heavy atom. The number of rotatable bonds is 4. The molecule has 1 fully saturated rings. The first-order chi connectivity index (χ1) is 10.2. The SMILES string of the molecule is CN(C)c1cccc(C2CN(Cc3cnc[nH]3)CCO2)n1. The van der Waals surface area contributed by atoms with Crippen molar-refractivity contribution < 1.29 is 4.74 Å². The summed E-state index contributed by atoms with van der Waals surface area (Å²) < 4.78 is 5.90. The van der Waals surface area contributed by atoms with Gasteiger partial charge in [-0.05, 0) is 12.1 Å². The Hall–Kier alpha value is -1.92. The first-order valence-corrected chi connectivity index (χ1v) is 7.18. The zero-order valence-electron chi connectivity index (χ0n) is 12.5. The lowest BCUT2D eigenvalue weighted by Gasteiger charge is -2.32. The predicted molar refractivity (Wildman–Crippen MR) is 81.1 cm³/mol. The second-order valence-electron chi connectivity index (χ2n) is 5.49. The van der Waals surface area contributed by atoms with Gasteiger partial charge in [0.05, 0.1) is 18.6 Å². The average molecular weight is 287 g/mol. The maximum absolute atomic E-state index is 5.90. The van der Waals surface area contributed by atoms with Gasteiger partial charge in [-0.15, -0.1) is 0 Å². The van der Waals surface area contributed by atoms with Crippen LogP contribution in [-0.2, 0) is 11.3 Å². The van der Waals surface area contributed by atoms with E-state index in [4.69, 9.17) is 4.74 Å². The van der Waals surface area contributed by atoms with Crippen molar-refractivity contribution in [2.75, 3.05) is 38.7 Å². The molecule has 3 rings (SSSR count). The van der Waals surface area contributed by atoms with E-state index in [0.29, 0.717) is 0 Å². The summed E-state index contributed by atoms with van der Waals surface area (Å²) in [5.74, 6) is 0.960. The van der Waals surface area contributed by atoms with E-state index < -0.39 is 0 Å². The van der Waals surface area contributed by atoms with E-state index in [1.165, 1.54) is 0 Å². The number of hydrogen-bond donors (Lipinski definition) is 1. The second-order valence-corrected chi connectivity index (χ2v) is 5.49. The molecule has 112 valence electrons. The van der Waals surface area contributed by atoms with Gasteiger partial charge in [0.15, 0.2) is 0 Å². The largest absolute Gasteiger partial charge is 0.369 e. The molecule has 0 radical (unpaired) electrons. The average Bonchev–Trinajstić information content (AvgIpc) is 3.00. The maximum atomic E-state index is 5.90. The number of hydrogen-bond acceptors (Lipinski definition) is 5. The molecule has 0 spiro atoms. The van der Waals surface area contributed by atoms with E-state index in [0.717, 1.165) is 43.4 Å². The summed E-state index contributed by atoms with van der Waals surface area (Å²) in [7, 11) is 4.00. The third-order valence-electron chi connectivity index (χ3n) is 3.64. The first-order valence-electron chi connectivity index (χ1n) is 7.18. The van der Waals surface area contributed by atoms with Crippen LogP contribution >= 0.6 is 0 Å². The summed E-state index contributed by atoms with van der Waals surface area (Å²) in [5, 5.41) is 0. The molecular weight excluding hydrogens is 266 g/mol. The third kappa shape index (κ3) is 3.40.